The number of aromatic nitrogens is 2. The van der Waals surface area contributed by atoms with Crippen LogP contribution in [0.5, 0.6) is 0 Å². The van der Waals surface area contributed by atoms with Crippen LogP contribution in [-0.2, 0) is 13.6 Å². The first-order valence-electron chi connectivity index (χ1n) is 5.60. The third kappa shape index (κ3) is 2.31. The van der Waals surface area contributed by atoms with E-state index < -0.39 is 0 Å². The summed E-state index contributed by atoms with van der Waals surface area (Å²) < 4.78 is 1.70. The average Bonchev–Trinajstić information content (AvgIpc) is 2.60. The van der Waals surface area contributed by atoms with E-state index in [4.69, 9.17) is 5.73 Å². The van der Waals surface area contributed by atoms with Crippen LogP contribution in [0.25, 0.3) is 11.1 Å². The summed E-state index contributed by atoms with van der Waals surface area (Å²) in [5.41, 5.74) is 9.45. The quantitative estimate of drug-likeness (QED) is 0.873. The molecule has 0 aliphatic rings. The van der Waals surface area contributed by atoms with E-state index in [2.05, 4.69) is 42.3 Å². The van der Waals surface area contributed by atoms with E-state index in [9.17, 15) is 0 Å². The lowest BCUT2D eigenvalue weighted by Gasteiger charge is -2.13. The summed E-state index contributed by atoms with van der Waals surface area (Å²) in [5.74, 6) is 0.705. The van der Waals surface area contributed by atoms with Gasteiger partial charge in [-0.15, -0.1) is 0 Å². The van der Waals surface area contributed by atoms with Gasteiger partial charge in [0.25, 0.3) is 0 Å². The van der Waals surface area contributed by atoms with Crippen LogP contribution in [0.1, 0.15) is 5.56 Å². The molecule has 1 aromatic carbocycles. The summed E-state index contributed by atoms with van der Waals surface area (Å²) >= 11 is 0. The molecule has 2 N–H and O–H groups in total. The van der Waals surface area contributed by atoms with Crippen LogP contribution in [0, 0.1) is 0 Å². The highest BCUT2D eigenvalue weighted by molar-refractivity contribution is 5.76. The van der Waals surface area contributed by atoms with Gasteiger partial charge < -0.3 is 10.6 Å². The van der Waals surface area contributed by atoms with Crippen molar-refractivity contribution in [1.29, 1.82) is 0 Å². The molecule has 2 aromatic rings. The van der Waals surface area contributed by atoms with Crippen LogP contribution in [0.4, 0.5) is 5.82 Å². The third-order valence-corrected chi connectivity index (χ3v) is 2.78. The average molecular weight is 230 g/mol. The van der Waals surface area contributed by atoms with Crippen molar-refractivity contribution in [3.05, 3.63) is 36.0 Å². The molecule has 2 rings (SSSR count). The lowest BCUT2D eigenvalue weighted by Crippen LogP contribution is -2.11. The molecule has 0 amide bonds. The monoisotopic (exact) mass is 230 g/mol. The van der Waals surface area contributed by atoms with Crippen molar-refractivity contribution in [1.82, 2.24) is 14.7 Å². The second-order valence-corrected chi connectivity index (χ2v) is 4.46. The summed E-state index contributed by atoms with van der Waals surface area (Å²) in [5, 5.41) is 4.19. The van der Waals surface area contributed by atoms with Crippen LogP contribution in [0.15, 0.2) is 30.5 Å². The first kappa shape index (κ1) is 11.7. The number of nitrogens with two attached hydrogens (primary N) is 1. The van der Waals surface area contributed by atoms with Crippen LogP contribution in [-0.4, -0.2) is 28.8 Å². The predicted octanol–water partition coefficient (Wildman–Crippen LogP) is 1.73. The lowest BCUT2D eigenvalue weighted by atomic mass is 10.0. The molecule has 0 saturated heterocycles. The molecule has 90 valence electrons. The molecule has 1 aromatic heterocycles. The predicted molar refractivity (Wildman–Crippen MR) is 70.4 cm³/mol. The van der Waals surface area contributed by atoms with E-state index in [1.54, 1.807) is 4.68 Å². The third-order valence-electron chi connectivity index (χ3n) is 2.78. The minimum atomic E-state index is 0.705. The van der Waals surface area contributed by atoms with E-state index in [1.807, 2.05) is 19.3 Å². The maximum atomic E-state index is 6.02. The summed E-state index contributed by atoms with van der Waals surface area (Å²) in [6, 6.07) is 8.30. The van der Waals surface area contributed by atoms with Gasteiger partial charge in [-0.25, -0.2) is 0 Å². The number of rotatable bonds is 3. The molecule has 0 atom stereocenters. The van der Waals surface area contributed by atoms with E-state index in [0.29, 0.717) is 5.82 Å². The van der Waals surface area contributed by atoms with Gasteiger partial charge >= 0.3 is 0 Å². The molecule has 17 heavy (non-hydrogen) atoms. The van der Waals surface area contributed by atoms with Crippen molar-refractivity contribution in [2.45, 2.75) is 6.54 Å². The summed E-state index contributed by atoms with van der Waals surface area (Å²) in [6.45, 7) is 0.893. The normalized spacial score (nSPS) is 11.1. The summed E-state index contributed by atoms with van der Waals surface area (Å²) in [4.78, 5) is 2.14. The lowest BCUT2D eigenvalue weighted by molar-refractivity contribution is 0.403. The maximum Gasteiger partial charge on any atom is 0.129 e. The molecule has 4 nitrogen and oxygen atoms in total. The highest BCUT2D eigenvalue weighted by Crippen LogP contribution is 2.28. The van der Waals surface area contributed by atoms with E-state index in [-0.39, 0.29) is 0 Å². The summed E-state index contributed by atoms with van der Waals surface area (Å²) in [7, 11) is 5.97. The van der Waals surface area contributed by atoms with Crippen LogP contribution >= 0.6 is 0 Å². The van der Waals surface area contributed by atoms with E-state index >= 15 is 0 Å². The minimum absolute atomic E-state index is 0.705. The van der Waals surface area contributed by atoms with Gasteiger partial charge in [0.05, 0.1) is 6.20 Å². The molecule has 4 heteroatoms. The number of nitrogens with zero attached hydrogens (tertiary/aromatic N) is 3. The molecule has 1 heterocycles. The largest absolute Gasteiger partial charge is 0.383 e. The minimum Gasteiger partial charge on any atom is -0.383 e. The molecular formula is C13H18N4. The van der Waals surface area contributed by atoms with Crippen molar-refractivity contribution in [2.75, 3.05) is 19.8 Å². The highest BCUT2D eigenvalue weighted by Gasteiger charge is 2.11. The van der Waals surface area contributed by atoms with Gasteiger partial charge in [-0.1, -0.05) is 24.3 Å². The Morgan fingerprint density at radius 3 is 2.53 bits per heavy atom. The molecule has 0 unspecified atom stereocenters. The molecule has 0 fully saturated rings. The smallest absolute Gasteiger partial charge is 0.129 e. The first-order chi connectivity index (χ1) is 8.09. The standard InChI is InChI=1S/C13H18N4/c1-16(2)9-10-6-4-5-7-11(10)12-8-15-17(3)13(12)14/h4-8H,9,14H2,1-3H3. The van der Waals surface area contributed by atoms with Crippen molar-refractivity contribution in [3.8, 4) is 11.1 Å². The fraction of sp³-hybridized carbons (Fsp3) is 0.308. The number of benzene rings is 1. The van der Waals surface area contributed by atoms with E-state index in [1.165, 1.54) is 5.56 Å². The van der Waals surface area contributed by atoms with E-state index in [0.717, 1.165) is 17.7 Å². The Balaban J connectivity index is 2.48. The number of anilines is 1. The van der Waals surface area contributed by atoms with Crippen LogP contribution in [0.3, 0.4) is 0 Å². The molecule has 0 saturated carbocycles. The Hall–Kier alpha value is -1.81. The Labute approximate surface area is 102 Å². The Morgan fingerprint density at radius 2 is 1.94 bits per heavy atom. The van der Waals surface area contributed by atoms with Crippen LogP contribution in [0.2, 0.25) is 0 Å². The zero-order chi connectivity index (χ0) is 12.4. The maximum absolute atomic E-state index is 6.02. The Kier molecular flexibility index (Phi) is 3.15. The Morgan fingerprint density at radius 1 is 1.24 bits per heavy atom. The molecule has 0 bridgehead atoms. The molecule has 0 radical (unpaired) electrons. The number of hydrogen-bond donors (Lipinski definition) is 1. The van der Waals surface area contributed by atoms with Crippen molar-refractivity contribution in [2.24, 2.45) is 7.05 Å². The zero-order valence-electron chi connectivity index (χ0n) is 10.5. The van der Waals surface area contributed by atoms with Crippen molar-refractivity contribution in [3.63, 3.8) is 0 Å². The van der Waals surface area contributed by atoms with Gasteiger partial charge in [0.1, 0.15) is 5.82 Å². The van der Waals surface area contributed by atoms with Gasteiger partial charge in [0, 0.05) is 19.2 Å². The topological polar surface area (TPSA) is 47.1 Å². The van der Waals surface area contributed by atoms with Crippen molar-refractivity contribution >= 4 is 5.82 Å². The number of aryl methyl sites for hydroxylation is 1. The molecule has 0 spiro atoms. The second kappa shape index (κ2) is 4.59. The van der Waals surface area contributed by atoms with Crippen molar-refractivity contribution < 1.29 is 0 Å². The highest BCUT2D eigenvalue weighted by atomic mass is 15.3. The first-order valence-corrected chi connectivity index (χ1v) is 5.60. The zero-order valence-corrected chi connectivity index (χ0v) is 10.5. The fourth-order valence-corrected chi connectivity index (χ4v) is 1.92. The number of hydrogen-bond acceptors (Lipinski definition) is 3. The SMILES string of the molecule is CN(C)Cc1ccccc1-c1cnn(C)c1N. The van der Waals surface area contributed by atoms with Crippen LogP contribution < -0.4 is 5.73 Å². The van der Waals surface area contributed by atoms with Gasteiger partial charge in [-0.3, -0.25) is 4.68 Å². The number of nitrogen functional groups attached to an aromatic ring is 1. The molecular weight excluding hydrogens is 212 g/mol. The second-order valence-electron chi connectivity index (χ2n) is 4.46. The molecule has 0 aliphatic heterocycles. The van der Waals surface area contributed by atoms with Gasteiger partial charge in [0.2, 0.25) is 0 Å². The fourth-order valence-electron chi connectivity index (χ4n) is 1.92. The summed E-state index contributed by atoms with van der Waals surface area (Å²) in [6.07, 6.45) is 1.82. The Bertz CT molecular complexity index is 514. The molecule has 0 aliphatic carbocycles. The van der Waals surface area contributed by atoms with Gasteiger partial charge in [-0.05, 0) is 25.2 Å². The van der Waals surface area contributed by atoms with Gasteiger partial charge in [0.15, 0.2) is 0 Å². The van der Waals surface area contributed by atoms with Gasteiger partial charge in [-0.2, -0.15) is 5.10 Å².